The molecule has 112 valence electrons. The lowest BCUT2D eigenvalue weighted by Gasteiger charge is -2.03. The molecule has 0 aromatic carbocycles. The van der Waals surface area contributed by atoms with Gasteiger partial charge in [-0.15, -0.1) is 5.10 Å². The average molecular weight is 290 g/mol. The maximum absolute atomic E-state index is 12.2. The van der Waals surface area contributed by atoms with Gasteiger partial charge in [-0.1, -0.05) is 12.0 Å². The van der Waals surface area contributed by atoms with E-state index in [1.165, 1.54) is 0 Å². The minimum atomic E-state index is -0.306. The molecule has 1 fully saturated rings. The Labute approximate surface area is 121 Å². The Balaban J connectivity index is 1.70. The number of nitrogens with one attached hydrogen (secondary N) is 2. The lowest BCUT2D eigenvalue weighted by atomic mass is 10.2. The van der Waals surface area contributed by atoms with Crippen molar-refractivity contribution in [2.24, 2.45) is 7.05 Å². The highest BCUT2D eigenvalue weighted by molar-refractivity contribution is 6.01. The molecule has 21 heavy (non-hydrogen) atoms. The van der Waals surface area contributed by atoms with E-state index in [0.717, 1.165) is 31.5 Å². The molecule has 1 aliphatic rings. The molecule has 1 amide bonds. The SMILES string of the molecule is CCc1cc(C(=O)Nc2nnc(C3CCCN3)o2)n(C)n1. The van der Waals surface area contributed by atoms with Crippen LogP contribution in [0.2, 0.25) is 0 Å². The third-order valence-electron chi connectivity index (χ3n) is 3.54. The van der Waals surface area contributed by atoms with Gasteiger partial charge < -0.3 is 9.73 Å². The van der Waals surface area contributed by atoms with Crippen LogP contribution in [0.1, 0.15) is 47.9 Å². The highest BCUT2D eigenvalue weighted by Crippen LogP contribution is 2.23. The van der Waals surface area contributed by atoms with Crippen LogP contribution >= 0.6 is 0 Å². The number of amides is 1. The van der Waals surface area contributed by atoms with Gasteiger partial charge in [-0.25, -0.2) is 0 Å². The predicted molar refractivity (Wildman–Crippen MR) is 74.8 cm³/mol. The summed E-state index contributed by atoms with van der Waals surface area (Å²) in [5.74, 6) is 0.210. The van der Waals surface area contributed by atoms with Crippen molar-refractivity contribution in [1.29, 1.82) is 0 Å². The van der Waals surface area contributed by atoms with Crippen LogP contribution in [0.3, 0.4) is 0 Å². The summed E-state index contributed by atoms with van der Waals surface area (Å²) in [6, 6.07) is 1.96. The van der Waals surface area contributed by atoms with Crippen molar-refractivity contribution in [3.05, 3.63) is 23.3 Å². The van der Waals surface area contributed by atoms with Crippen LogP contribution in [-0.2, 0) is 13.5 Å². The van der Waals surface area contributed by atoms with Gasteiger partial charge in [0.25, 0.3) is 5.91 Å². The molecule has 0 bridgehead atoms. The van der Waals surface area contributed by atoms with Crippen molar-refractivity contribution in [1.82, 2.24) is 25.3 Å². The number of aryl methyl sites for hydroxylation is 2. The number of anilines is 1. The second-order valence-electron chi connectivity index (χ2n) is 5.05. The monoisotopic (exact) mass is 290 g/mol. The van der Waals surface area contributed by atoms with Gasteiger partial charge in [-0.2, -0.15) is 5.10 Å². The Bertz CT molecular complexity index is 641. The van der Waals surface area contributed by atoms with Crippen molar-refractivity contribution < 1.29 is 9.21 Å². The molecule has 1 atom stereocenters. The summed E-state index contributed by atoms with van der Waals surface area (Å²) in [5.41, 5.74) is 1.33. The van der Waals surface area contributed by atoms with E-state index in [2.05, 4.69) is 25.9 Å². The zero-order valence-corrected chi connectivity index (χ0v) is 12.1. The maximum Gasteiger partial charge on any atom is 0.322 e. The second-order valence-corrected chi connectivity index (χ2v) is 5.05. The Morgan fingerprint density at radius 1 is 1.57 bits per heavy atom. The molecular formula is C13H18N6O2. The minimum Gasteiger partial charge on any atom is -0.406 e. The fourth-order valence-electron chi connectivity index (χ4n) is 2.39. The van der Waals surface area contributed by atoms with Crippen LogP contribution in [0.4, 0.5) is 6.01 Å². The fourth-order valence-corrected chi connectivity index (χ4v) is 2.39. The first-order chi connectivity index (χ1) is 10.2. The van der Waals surface area contributed by atoms with E-state index in [1.807, 2.05) is 6.92 Å². The number of rotatable bonds is 4. The third-order valence-corrected chi connectivity index (χ3v) is 3.54. The summed E-state index contributed by atoms with van der Waals surface area (Å²) in [7, 11) is 1.73. The van der Waals surface area contributed by atoms with Gasteiger partial charge in [0, 0.05) is 7.05 Å². The minimum absolute atomic E-state index is 0.0894. The first-order valence-corrected chi connectivity index (χ1v) is 7.08. The van der Waals surface area contributed by atoms with Gasteiger partial charge in [0.05, 0.1) is 11.7 Å². The molecule has 2 aromatic rings. The van der Waals surface area contributed by atoms with Crippen LogP contribution < -0.4 is 10.6 Å². The number of hydrogen-bond acceptors (Lipinski definition) is 6. The van der Waals surface area contributed by atoms with Crippen LogP contribution in [0, 0.1) is 0 Å². The van der Waals surface area contributed by atoms with Crippen LogP contribution in [0.5, 0.6) is 0 Å². The van der Waals surface area contributed by atoms with Gasteiger partial charge >= 0.3 is 6.01 Å². The topological polar surface area (TPSA) is 97.9 Å². The summed E-state index contributed by atoms with van der Waals surface area (Å²) >= 11 is 0. The van der Waals surface area contributed by atoms with Crippen molar-refractivity contribution in [2.75, 3.05) is 11.9 Å². The van der Waals surface area contributed by atoms with Gasteiger partial charge in [0.2, 0.25) is 5.89 Å². The summed E-state index contributed by atoms with van der Waals surface area (Å²) in [5, 5.41) is 18.0. The van der Waals surface area contributed by atoms with Gasteiger partial charge in [-0.05, 0) is 31.9 Å². The number of aromatic nitrogens is 4. The Hall–Kier alpha value is -2.22. The summed E-state index contributed by atoms with van der Waals surface area (Å²) in [6.07, 6.45) is 2.83. The van der Waals surface area contributed by atoms with Crippen LogP contribution in [-0.4, -0.2) is 32.4 Å². The average Bonchev–Trinajstić information content (AvgIpc) is 3.17. The number of carbonyl (C=O) groups excluding carboxylic acids is 1. The molecule has 0 radical (unpaired) electrons. The van der Waals surface area contributed by atoms with E-state index < -0.39 is 0 Å². The molecule has 1 saturated heterocycles. The smallest absolute Gasteiger partial charge is 0.322 e. The second kappa shape index (κ2) is 5.65. The van der Waals surface area contributed by atoms with E-state index in [4.69, 9.17) is 4.42 Å². The summed E-state index contributed by atoms with van der Waals surface area (Å²) in [4.78, 5) is 12.2. The van der Waals surface area contributed by atoms with E-state index >= 15 is 0 Å². The molecule has 0 spiro atoms. The molecular weight excluding hydrogens is 272 g/mol. The molecule has 1 unspecified atom stereocenters. The van der Waals surface area contributed by atoms with Crippen LogP contribution in [0.25, 0.3) is 0 Å². The van der Waals surface area contributed by atoms with Crippen molar-refractivity contribution in [3.63, 3.8) is 0 Å². The molecule has 3 rings (SSSR count). The fraction of sp³-hybridized carbons (Fsp3) is 0.538. The maximum atomic E-state index is 12.2. The highest BCUT2D eigenvalue weighted by atomic mass is 16.4. The molecule has 2 N–H and O–H groups in total. The highest BCUT2D eigenvalue weighted by Gasteiger charge is 2.23. The van der Waals surface area contributed by atoms with Crippen molar-refractivity contribution in [3.8, 4) is 0 Å². The first-order valence-electron chi connectivity index (χ1n) is 7.08. The third kappa shape index (κ3) is 2.80. The predicted octanol–water partition coefficient (Wildman–Crippen LogP) is 1.04. The van der Waals surface area contributed by atoms with E-state index in [9.17, 15) is 4.79 Å². The Morgan fingerprint density at radius 3 is 3.10 bits per heavy atom. The molecule has 2 aromatic heterocycles. The first kappa shape index (κ1) is 13.7. The normalized spacial score (nSPS) is 18.1. The van der Waals surface area contributed by atoms with Crippen molar-refractivity contribution in [2.45, 2.75) is 32.2 Å². The van der Waals surface area contributed by atoms with Crippen LogP contribution in [0.15, 0.2) is 10.5 Å². The van der Waals surface area contributed by atoms with Gasteiger partial charge in [0.1, 0.15) is 5.69 Å². The molecule has 0 saturated carbocycles. The number of nitrogens with zero attached hydrogens (tertiary/aromatic N) is 4. The van der Waals surface area contributed by atoms with E-state index in [1.54, 1.807) is 17.8 Å². The quantitative estimate of drug-likeness (QED) is 0.873. The lowest BCUT2D eigenvalue weighted by molar-refractivity contribution is 0.101. The molecule has 1 aliphatic heterocycles. The lowest BCUT2D eigenvalue weighted by Crippen LogP contribution is -2.16. The largest absolute Gasteiger partial charge is 0.406 e. The zero-order chi connectivity index (χ0) is 14.8. The number of hydrogen-bond donors (Lipinski definition) is 2. The van der Waals surface area contributed by atoms with Gasteiger partial charge in [-0.3, -0.25) is 14.8 Å². The molecule has 8 nitrogen and oxygen atoms in total. The summed E-state index contributed by atoms with van der Waals surface area (Å²) in [6.45, 7) is 2.94. The Kier molecular flexibility index (Phi) is 3.70. The van der Waals surface area contributed by atoms with E-state index in [-0.39, 0.29) is 18.0 Å². The summed E-state index contributed by atoms with van der Waals surface area (Å²) < 4.78 is 7.03. The number of carbonyl (C=O) groups is 1. The van der Waals surface area contributed by atoms with Gasteiger partial charge in [0.15, 0.2) is 0 Å². The van der Waals surface area contributed by atoms with E-state index in [0.29, 0.717) is 11.6 Å². The molecule has 8 heteroatoms. The zero-order valence-electron chi connectivity index (χ0n) is 12.1. The van der Waals surface area contributed by atoms with Crippen molar-refractivity contribution >= 4 is 11.9 Å². The Morgan fingerprint density at radius 2 is 2.43 bits per heavy atom. The molecule has 3 heterocycles. The standard InChI is InChI=1S/C13H18N6O2/c1-3-8-7-10(19(2)18-8)11(20)15-13-17-16-12(21-13)9-5-4-6-14-9/h7,9,14H,3-6H2,1-2H3,(H,15,17,20). The molecule has 0 aliphatic carbocycles.